The Kier molecular flexibility index (Phi) is 3.52. The molecule has 2 saturated heterocycles. The van der Waals surface area contributed by atoms with Crippen molar-refractivity contribution < 1.29 is 4.79 Å². The molecule has 2 heterocycles. The first-order valence-electron chi connectivity index (χ1n) is 5.85. The second-order valence-electron chi connectivity index (χ2n) is 4.49. The van der Waals surface area contributed by atoms with Crippen molar-refractivity contribution in [2.24, 2.45) is 0 Å². The van der Waals surface area contributed by atoms with Crippen molar-refractivity contribution in [1.29, 1.82) is 0 Å². The maximum atomic E-state index is 11.8. The van der Waals surface area contributed by atoms with E-state index in [9.17, 15) is 4.79 Å². The first kappa shape index (κ1) is 11.2. The maximum absolute atomic E-state index is 11.8. The highest BCUT2D eigenvalue weighted by Gasteiger charge is 2.41. The summed E-state index contributed by atoms with van der Waals surface area (Å²) in [7, 11) is 0. The Morgan fingerprint density at radius 3 is 2.40 bits per heavy atom. The van der Waals surface area contributed by atoms with Gasteiger partial charge in [0.25, 0.3) is 0 Å². The van der Waals surface area contributed by atoms with Gasteiger partial charge in [0.1, 0.15) is 0 Å². The lowest BCUT2D eigenvalue weighted by Crippen LogP contribution is -2.55. The van der Waals surface area contributed by atoms with E-state index in [-0.39, 0.29) is 0 Å². The zero-order valence-corrected chi connectivity index (χ0v) is 10.0. The fraction of sp³-hybridized carbons (Fsp3) is 0.909. The molecule has 2 aliphatic rings. The molecule has 0 aromatic rings. The summed E-state index contributed by atoms with van der Waals surface area (Å²) in [5.74, 6) is 1.02. The Morgan fingerprint density at radius 2 is 1.93 bits per heavy atom. The van der Waals surface area contributed by atoms with Crippen molar-refractivity contribution in [2.75, 3.05) is 25.5 Å². The van der Waals surface area contributed by atoms with Gasteiger partial charge in [-0.25, -0.2) is 0 Å². The van der Waals surface area contributed by atoms with Crippen LogP contribution in [0.1, 0.15) is 26.2 Å². The average molecular weight is 231 g/mol. The van der Waals surface area contributed by atoms with E-state index in [4.69, 9.17) is 11.6 Å². The van der Waals surface area contributed by atoms with Gasteiger partial charge in [-0.05, 0) is 12.8 Å². The summed E-state index contributed by atoms with van der Waals surface area (Å²) >= 11 is 5.75. The second kappa shape index (κ2) is 4.71. The van der Waals surface area contributed by atoms with E-state index in [1.807, 2.05) is 6.92 Å². The van der Waals surface area contributed by atoms with Gasteiger partial charge in [0, 0.05) is 44.0 Å². The van der Waals surface area contributed by atoms with Gasteiger partial charge < -0.3 is 4.90 Å². The number of carbonyl (C=O) groups is 1. The Hall–Kier alpha value is -0.280. The molecule has 0 aromatic heterocycles. The molecule has 0 aromatic carbocycles. The van der Waals surface area contributed by atoms with E-state index in [2.05, 4.69) is 9.80 Å². The molecule has 0 saturated carbocycles. The van der Waals surface area contributed by atoms with E-state index in [0.717, 1.165) is 19.6 Å². The molecule has 3 nitrogen and oxygen atoms in total. The molecule has 0 spiro atoms. The fourth-order valence-corrected chi connectivity index (χ4v) is 3.12. The van der Waals surface area contributed by atoms with Crippen molar-refractivity contribution in [2.45, 2.75) is 38.3 Å². The van der Waals surface area contributed by atoms with Crippen molar-refractivity contribution in [3.05, 3.63) is 0 Å². The van der Waals surface area contributed by atoms with Crippen LogP contribution in [-0.2, 0) is 4.79 Å². The summed E-state index contributed by atoms with van der Waals surface area (Å²) in [5, 5.41) is 0. The standard InChI is InChI=1S/C11H19ClN2O/c1-2-11(15)14-9-3-4-10(14)8-13(7-9)6-5-12/h9-10H,2-8H2,1H3. The molecule has 2 fully saturated rings. The van der Waals surface area contributed by atoms with Crippen molar-refractivity contribution in [3.63, 3.8) is 0 Å². The van der Waals surface area contributed by atoms with Crippen molar-refractivity contribution >= 4 is 17.5 Å². The zero-order chi connectivity index (χ0) is 10.8. The van der Waals surface area contributed by atoms with Crippen LogP contribution in [0.5, 0.6) is 0 Å². The van der Waals surface area contributed by atoms with Gasteiger partial charge in [-0.2, -0.15) is 0 Å². The summed E-state index contributed by atoms with van der Waals surface area (Å²) in [5.41, 5.74) is 0. The maximum Gasteiger partial charge on any atom is 0.222 e. The summed E-state index contributed by atoms with van der Waals surface area (Å²) in [6.07, 6.45) is 2.99. The fourth-order valence-electron chi connectivity index (χ4n) is 2.88. The van der Waals surface area contributed by atoms with Gasteiger partial charge in [-0.3, -0.25) is 9.69 Å². The molecule has 0 radical (unpaired) electrons. The minimum atomic E-state index is 0.327. The number of hydrogen-bond acceptors (Lipinski definition) is 2. The van der Waals surface area contributed by atoms with Crippen LogP contribution in [0.25, 0.3) is 0 Å². The Balaban J connectivity index is 2.00. The molecule has 2 rings (SSSR count). The van der Waals surface area contributed by atoms with E-state index < -0.39 is 0 Å². The normalized spacial score (nSPS) is 30.9. The minimum absolute atomic E-state index is 0.327. The number of piperazine rings is 1. The monoisotopic (exact) mass is 230 g/mol. The second-order valence-corrected chi connectivity index (χ2v) is 4.87. The molecule has 1 amide bonds. The Bertz CT molecular complexity index is 233. The topological polar surface area (TPSA) is 23.6 Å². The minimum Gasteiger partial charge on any atom is -0.334 e. The lowest BCUT2D eigenvalue weighted by molar-refractivity contribution is -0.136. The molecule has 86 valence electrons. The third-order valence-corrected chi connectivity index (χ3v) is 3.72. The number of likely N-dealkylation sites (tertiary alicyclic amines) is 1. The first-order chi connectivity index (χ1) is 7.26. The molecule has 2 bridgehead atoms. The number of hydrogen-bond donors (Lipinski definition) is 0. The molecule has 2 aliphatic heterocycles. The van der Waals surface area contributed by atoms with Gasteiger partial charge >= 0.3 is 0 Å². The molecular formula is C11H19ClN2O. The lowest BCUT2D eigenvalue weighted by Gasteiger charge is -2.40. The number of amides is 1. The van der Waals surface area contributed by atoms with Gasteiger partial charge in [-0.15, -0.1) is 11.6 Å². The van der Waals surface area contributed by atoms with Crippen LogP contribution >= 0.6 is 11.6 Å². The highest BCUT2D eigenvalue weighted by molar-refractivity contribution is 6.18. The van der Waals surface area contributed by atoms with Crippen molar-refractivity contribution in [3.8, 4) is 0 Å². The molecule has 0 aliphatic carbocycles. The number of fused-ring (bicyclic) bond motifs is 2. The van der Waals surface area contributed by atoms with Crippen LogP contribution in [-0.4, -0.2) is 53.3 Å². The highest BCUT2D eigenvalue weighted by atomic mass is 35.5. The summed E-state index contributed by atoms with van der Waals surface area (Å²) < 4.78 is 0. The average Bonchev–Trinajstić information content (AvgIpc) is 2.50. The molecule has 15 heavy (non-hydrogen) atoms. The van der Waals surface area contributed by atoms with Crippen molar-refractivity contribution in [1.82, 2.24) is 9.80 Å². The van der Waals surface area contributed by atoms with Gasteiger partial charge in [-0.1, -0.05) is 6.92 Å². The van der Waals surface area contributed by atoms with Crippen LogP contribution in [0, 0.1) is 0 Å². The van der Waals surface area contributed by atoms with E-state index in [1.54, 1.807) is 0 Å². The summed E-state index contributed by atoms with van der Waals surface area (Å²) in [6, 6.07) is 0.916. The lowest BCUT2D eigenvalue weighted by atomic mass is 10.1. The van der Waals surface area contributed by atoms with Crippen LogP contribution < -0.4 is 0 Å². The molecule has 0 N–H and O–H groups in total. The number of halogens is 1. The van der Waals surface area contributed by atoms with E-state index in [0.29, 0.717) is 30.3 Å². The van der Waals surface area contributed by atoms with Crippen LogP contribution in [0.2, 0.25) is 0 Å². The quantitative estimate of drug-likeness (QED) is 0.683. The number of rotatable bonds is 3. The first-order valence-corrected chi connectivity index (χ1v) is 6.39. The highest BCUT2D eigenvalue weighted by Crippen LogP contribution is 2.30. The summed E-state index contributed by atoms with van der Waals surface area (Å²) in [4.78, 5) is 16.3. The number of alkyl halides is 1. The molecule has 4 heteroatoms. The third kappa shape index (κ3) is 2.13. The number of carbonyl (C=O) groups excluding carboxylic acids is 1. The molecular weight excluding hydrogens is 212 g/mol. The predicted molar refractivity (Wildman–Crippen MR) is 61.1 cm³/mol. The van der Waals surface area contributed by atoms with Crippen LogP contribution in [0.4, 0.5) is 0 Å². The number of nitrogens with zero attached hydrogens (tertiary/aromatic N) is 2. The Morgan fingerprint density at radius 1 is 1.33 bits per heavy atom. The van der Waals surface area contributed by atoms with Crippen LogP contribution in [0.15, 0.2) is 0 Å². The van der Waals surface area contributed by atoms with Crippen LogP contribution in [0.3, 0.4) is 0 Å². The summed E-state index contributed by atoms with van der Waals surface area (Å²) in [6.45, 7) is 4.96. The van der Waals surface area contributed by atoms with Gasteiger partial charge in [0.2, 0.25) is 5.91 Å². The van der Waals surface area contributed by atoms with E-state index in [1.165, 1.54) is 12.8 Å². The zero-order valence-electron chi connectivity index (χ0n) is 9.29. The largest absolute Gasteiger partial charge is 0.334 e. The third-order valence-electron chi connectivity index (χ3n) is 3.55. The smallest absolute Gasteiger partial charge is 0.222 e. The SMILES string of the molecule is CCC(=O)N1C2CCC1CN(CCCl)C2. The van der Waals surface area contributed by atoms with Gasteiger partial charge in [0.15, 0.2) is 0 Å². The molecule has 2 atom stereocenters. The van der Waals surface area contributed by atoms with E-state index >= 15 is 0 Å². The Labute approximate surface area is 96.4 Å². The predicted octanol–water partition coefficient (Wildman–Crippen LogP) is 1.31. The van der Waals surface area contributed by atoms with Gasteiger partial charge in [0.05, 0.1) is 0 Å². The molecule has 2 unspecified atom stereocenters.